The molecule has 268 valence electrons. The molecule has 51 heavy (non-hydrogen) atoms. The fourth-order valence-electron chi connectivity index (χ4n) is 7.05. The first kappa shape index (κ1) is 35.4. The Kier molecular flexibility index (Phi) is 10.8. The van der Waals surface area contributed by atoms with Crippen molar-refractivity contribution in [3.05, 3.63) is 86.1 Å². The minimum absolute atomic E-state index is 0.0626. The molecule has 2 amide bonds. The van der Waals surface area contributed by atoms with E-state index in [1.165, 1.54) is 6.92 Å². The third kappa shape index (κ3) is 7.68. The van der Waals surface area contributed by atoms with Crippen LogP contribution in [0, 0.1) is 0 Å². The van der Waals surface area contributed by atoms with Gasteiger partial charge in [-0.1, -0.05) is 18.2 Å². The van der Waals surface area contributed by atoms with Gasteiger partial charge in [-0.2, -0.15) is 0 Å². The minimum atomic E-state index is -0.399. The van der Waals surface area contributed by atoms with Crippen LogP contribution in [-0.4, -0.2) is 85.6 Å². The fraction of sp³-hybridized carbons (Fsp3) is 0.395. The van der Waals surface area contributed by atoms with Gasteiger partial charge in [0.1, 0.15) is 5.82 Å². The first-order valence-electron chi connectivity index (χ1n) is 17.2. The highest BCUT2D eigenvalue weighted by Crippen LogP contribution is 2.50. The molecule has 6 rings (SSSR count). The zero-order valence-corrected chi connectivity index (χ0v) is 29.5. The predicted octanol–water partition coefficient (Wildman–Crippen LogP) is 3.64. The number of rotatable bonds is 11. The summed E-state index contributed by atoms with van der Waals surface area (Å²) in [5.74, 6) is 1.95. The molecule has 1 aliphatic heterocycles. The van der Waals surface area contributed by atoms with Crippen LogP contribution >= 0.6 is 0 Å². The first-order chi connectivity index (χ1) is 24.7. The molecule has 1 atom stereocenters. The Bertz CT molecular complexity index is 2060. The molecule has 13 nitrogen and oxygen atoms in total. The van der Waals surface area contributed by atoms with Crippen molar-refractivity contribution in [2.75, 3.05) is 59.4 Å². The highest BCUT2D eigenvalue weighted by atomic mass is 16.5. The number of piperazine rings is 1. The van der Waals surface area contributed by atoms with E-state index in [9.17, 15) is 19.2 Å². The number of aromatic nitrogens is 2. The molecule has 3 aromatic carbocycles. The summed E-state index contributed by atoms with van der Waals surface area (Å²) in [7, 11) is 4.68. The number of para-hydroxylation sites is 1. The van der Waals surface area contributed by atoms with E-state index in [0.717, 1.165) is 16.7 Å². The van der Waals surface area contributed by atoms with Crippen LogP contribution in [0.5, 0.6) is 17.2 Å². The summed E-state index contributed by atoms with van der Waals surface area (Å²) in [6.45, 7) is 4.93. The van der Waals surface area contributed by atoms with Crippen molar-refractivity contribution in [1.82, 2.24) is 25.1 Å². The van der Waals surface area contributed by atoms with Crippen molar-refractivity contribution in [1.29, 1.82) is 0 Å². The van der Waals surface area contributed by atoms with Crippen LogP contribution in [0.15, 0.2) is 58.1 Å². The second kappa shape index (κ2) is 15.6. The molecule has 0 spiro atoms. The molecule has 2 aliphatic rings. The van der Waals surface area contributed by atoms with E-state index in [4.69, 9.17) is 14.2 Å². The average Bonchev–Trinajstić information content (AvgIpc) is 3.37. The number of fused-ring (bicyclic) bond motifs is 4. The molecule has 1 aromatic heterocycles. The Hall–Kier alpha value is -5.43. The molecule has 1 fully saturated rings. The lowest BCUT2D eigenvalue weighted by Gasteiger charge is -2.34. The largest absolute Gasteiger partial charge is 0.493 e. The normalized spacial score (nSPS) is 15.7. The minimum Gasteiger partial charge on any atom is -0.493 e. The zero-order valence-electron chi connectivity index (χ0n) is 29.5. The molecule has 0 radical (unpaired) electrons. The Labute approximate surface area is 295 Å². The maximum Gasteiger partial charge on any atom is 0.258 e. The molecule has 13 heteroatoms. The van der Waals surface area contributed by atoms with Crippen molar-refractivity contribution in [2.24, 2.45) is 0 Å². The van der Waals surface area contributed by atoms with Crippen molar-refractivity contribution in [2.45, 2.75) is 45.2 Å². The number of methoxy groups -OCH3 is 3. The SMILES string of the molecule is COc1cc2c(c(OC)c1OC)-c1ccc(NCCCC(=O)N3CCN(Cc4nc5ccccc5c(=O)[nH]4)CC3)c(=O)cc1[C@@H](NC(C)=O)CC2. The quantitative estimate of drug-likeness (QED) is 0.198. The van der Waals surface area contributed by atoms with E-state index in [1.54, 1.807) is 39.5 Å². The summed E-state index contributed by atoms with van der Waals surface area (Å²) in [6, 6.07) is 14.0. The first-order valence-corrected chi connectivity index (χ1v) is 17.2. The molecule has 1 saturated heterocycles. The van der Waals surface area contributed by atoms with Crippen LogP contribution in [0.3, 0.4) is 0 Å². The Balaban J connectivity index is 1.10. The number of benzene rings is 2. The van der Waals surface area contributed by atoms with Crippen LogP contribution in [-0.2, 0) is 22.6 Å². The molecular weight excluding hydrogens is 652 g/mol. The number of ether oxygens (including phenoxy) is 3. The van der Waals surface area contributed by atoms with Crippen LogP contribution in [0.2, 0.25) is 0 Å². The molecule has 3 N–H and O–H groups in total. The van der Waals surface area contributed by atoms with Crippen molar-refractivity contribution in [3.8, 4) is 28.4 Å². The van der Waals surface area contributed by atoms with Gasteiger partial charge < -0.3 is 34.7 Å². The number of hydrogen-bond acceptors (Lipinski definition) is 10. The van der Waals surface area contributed by atoms with Gasteiger partial charge in [0.25, 0.3) is 5.56 Å². The second-order valence-electron chi connectivity index (χ2n) is 12.8. The van der Waals surface area contributed by atoms with Gasteiger partial charge in [-0.3, -0.25) is 24.1 Å². The van der Waals surface area contributed by atoms with Crippen LogP contribution in [0.25, 0.3) is 22.0 Å². The Morgan fingerprint density at radius 1 is 0.961 bits per heavy atom. The number of amides is 2. The molecular formula is C38H44N6O7. The number of anilines is 1. The van der Waals surface area contributed by atoms with Crippen LogP contribution < -0.4 is 35.8 Å². The van der Waals surface area contributed by atoms with E-state index in [1.807, 2.05) is 35.2 Å². The zero-order chi connectivity index (χ0) is 36.1. The van der Waals surface area contributed by atoms with Crippen molar-refractivity contribution < 1.29 is 23.8 Å². The number of aryl methyl sites for hydroxylation is 1. The molecule has 1 aliphatic carbocycles. The van der Waals surface area contributed by atoms with E-state index in [0.29, 0.717) is 110 Å². The fourth-order valence-corrected chi connectivity index (χ4v) is 7.05. The number of nitrogens with zero attached hydrogens (tertiary/aromatic N) is 3. The van der Waals surface area contributed by atoms with Gasteiger partial charge in [0, 0.05) is 51.6 Å². The summed E-state index contributed by atoms with van der Waals surface area (Å²) in [6.07, 6.45) is 2.06. The maximum atomic E-state index is 13.6. The van der Waals surface area contributed by atoms with Gasteiger partial charge in [-0.25, -0.2) is 4.98 Å². The smallest absolute Gasteiger partial charge is 0.258 e. The predicted molar refractivity (Wildman–Crippen MR) is 195 cm³/mol. The van der Waals surface area contributed by atoms with Crippen molar-refractivity contribution >= 4 is 28.4 Å². The van der Waals surface area contributed by atoms with E-state index in [2.05, 4.69) is 25.5 Å². The lowest BCUT2D eigenvalue weighted by atomic mass is 9.95. The third-order valence-electron chi connectivity index (χ3n) is 9.56. The lowest BCUT2D eigenvalue weighted by Crippen LogP contribution is -2.48. The summed E-state index contributed by atoms with van der Waals surface area (Å²) in [4.78, 5) is 62.9. The molecule has 0 bridgehead atoms. The second-order valence-corrected chi connectivity index (χ2v) is 12.8. The Morgan fingerprint density at radius 3 is 2.45 bits per heavy atom. The number of carbonyl (C=O) groups excluding carboxylic acids is 2. The monoisotopic (exact) mass is 696 g/mol. The van der Waals surface area contributed by atoms with E-state index >= 15 is 0 Å². The third-order valence-corrected chi connectivity index (χ3v) is 9.56. The van der Waals surface area contributed by atoms with Crippen LogP contribution in [0.4, 0.5) is 5.69 Å². The number of aromatic amines is 1. The van der Waals surface area contributed by atoms with E-state index < -0.39 is 6.04 Å². The maximum absolute atomic E-state index is 13.6. The van der Waals surface area contributed by atoms with Gasteiger partial charge in [0.15, 0.2) is 11.5 Å². The average molecular weight is 697 g/mol. The molecule has 0 saturated carbocycles. The highest BCUT2D eigenvalue weighted by Gasteiger charge is 2.29. The molecule has 0 unspecified atom stereocenters. The highest BCUT2D eigenvalue weighted by molar-refractivity contribution is 5.84. The van der Waals surface area contributed by atoms with E-state index in [-0.39, 0.29) is 22.8 Å². The van der Waals surface area contributed by atoms with Crippen molar-refractivity contribution in [3.63, 3.8) is 0 Å². The summed E-state index contributed by atoms with van der Waals surface area (Å²) in [5, 5.41) is 6.83. The summed E-state index contributed by atoms with van der Waals surface area (Å²) >= 11 is 0. The van der Waals surface area contributed by atoms with Gasteiger partial charge in [-0.15, -0.1) is 0 Å². The number of carbonyl (C=O) groups is 2. The van der Waals surface area contributed by atoms with Gasteiger partial charge in [-0.05, 0) is 66.3 Å². The number of nitrogens with one attached hydrogen (secondary N) is 3. The Morgan fingerprint density at radius 2 is 1.73 bits per heavy atom. The summed E-state index contributed by atoms with van der Waals surface area (Å²) < 4.78 is 17.1. The van der Waals surface area contributed by atoms with Gasteiger partial charge in [0.2, 0.25) is 23.0 Å². The standard InChI is InChI=1S/C38H44N6O7/c1-23(45)40-29-13-11-24-20-32(49-2)36(50-3)37(51-4)35(24)25-12-14-30(31(46)21-27(25)29)39-15-7-10-34(47)44-18-16-43(17-19-44)22-33-41-28-9-6-5-8-26(28)38(48)42-33/h5-6,8-9,12,14,20-21,29H,7,10-11,13,15-19,22H2,1-4H3,(H,39,46)(H,40,45)(H,41,42,48)/t29-/m0/s1. The van der Waals surface area contributed by atoms with Crippen LogP contribution in [0.1, 0.15) is 49.2 Å². The lowest BCUT2D eigenvalue weighted by molar-refractivity contribution is -0.133. The number of hydrogen-bond donors (Lipinski definition) is 3. The number of H-pyrrole nitrogens is 1. The topological polar surface area (TPSA) is 155 Å². The van der Waals surface area contributed by atoms with Gasteiger partial charge in [0.05, 0.1) is 50.5 Å². The van der Waals surface area contributed by atoms with Gasteiger partial charge >= 0.3 is 0 Å². The molecule has 4 aromatic rings. The molecule has 2 heterocycles. The summed E-state index contributed by atoms with van der Waals surface area (Å²) in [5.41, 5.74) is 3.86.